The van der Waals surface area contributed by atoms with Crippen molar-refractivity contribution < 1.29 is 4.74 Å². The highest BCUT2D eigenvalue weighted by Crippen LogP contribution is 2.19. The molecule has 0 saturated heterocycles. The maximum atomic E-state index is 5.65. The van der Waals surface area contributed by atoms with Gasteiger partial charge >= 0.3 is 0 Å². The molecule has 1 nitrogen and oxygen atoms in total. The second-order valence-electron chi connectivity index (χ2n) is 3.86. The third-order valence-corrected chi connectivity index (χ3v) is 2.94. The Morgan fingerprint density at radius 2 is 2.00 bits per heavy atom. The van der Waals surface area contributed by atoms with E-state index in [9.17, 15) is 0 Å². The van der Waals surface area contributed by atoms with Crippen molar-refractivity contribution in [1.82, 2.24) is 0 Å². The van der Waals surface area contributed by atoms with E-state index >= 15 is 0 Å². The fourth-order valence-corrected chi connectivity index (χ4v) is 1.58. The Bertz CT molecular complexity index is 297. The molecule has 0 N–H and O–H groups in total. The van der Waals surface area contributed by atoms with Gasteiger partial charge in [-0.2, -0.15) is 0 Å². The van der Waals surface area contributed by atoms with Gasteiger partial charge in [0.2, 0.25) is 0 Å². The largest absolute Gasteiger partial charge is 0.494 e. The smallest absolute Gasteiger partial charge is 0.119 e. The monoisotopic (exact) mass is 224 g/mol. The average Bonchev–Trinajstić information content (AvgIpc) is 2.23. The lowest BCUT2D eigenvalue weighted by atomic mass is 10.2. The summed E-state index contributed by atoms with van der Waals surface area (Å²) < 4.78 is 5.65. The lowest BCUT2D eigenvalue weighted by molar-refractivity contribution is 0.304. The van der Waals surface area contributed by atoms with Crippen LogP contribution in [0.3, 0.4) is 0 Å². The first-order chi connectivity index (χ1) is 7.24. The molecule has 1 rings (SSSR count). The zero-order valence-electron chi connectivity index (χ0n) is 9.62. The van der Waals surface area contributed by atoms with E-state index in [1.54, 1.807) is 0 Å². The normalized spacial score (nSPS) is 10.3. The number of benzene rings is 1. The van der Waals surface area contributed by atoms with Crippen LogP contribution in [0.2, 0.25) is 0 Å². The Morgan fingerprint density at radius 1 is 1.20 bits per heavy atom. The summed E-state index contributed by atoms with van der Waals surface area (Å²) >= 11 is 4.33. The van der Waals surface area contributed by atoms with Gasteiger partial charge in [-0.3, -0.25) is 0 Å². The molecule has 1 aromatic rings. The second-order valence-corrected chi connectivity index (χ2v) is 4.34. The van der Waals surface area contributed by atoms with Crippen LogP contribution in [0.1, 0.15) is 38.2 Å². The van der Waals surface area contributed by atoms with Crippen molar-refractivity contribution in [3.05, 3.63) is 23.8 Å². The second kappa shape index (κ2) is 6.78. The Kier molecular flexibility index (Phi) is 5.62. The van der Waals surface area contributed by atoms with Crippen LogP contribution in [0.4, 0.5) is 0 Å². The van der Waals surface area contributed by atoms with Gasteiger partial charge in [-0.25, -0.2) is 0 Å². The van der Waals surface area contributed by atoms with E-state index in [0.717, 1.165) is 23.7 Å². The summed E-state index contributed by atoms with van der Waals surface area (Å²) in [5.74, 6) is 0.960. The van der Waals surface area contributed by atoms with E-state index in [4.69, 9.17) is 4.74 Å². The molecular formula is C13H20OS. The Labute approximate surface area is 98.3 Å². The van der Waals surface area contributed by atoms with E-state index in [1.807, 2.05) is 25.1 Å². The van der Waals surface area contributed by atoms with Crippen molar-refractivity contribution in [1.29, 1.82) is 0 Å². The van der Waals surface area contributed by atoms with Crippen LogP contribution in [-0.4, -0.2) is 6.61 Å². The van der Waals surface area contributed by atoms with E-state index in [0.29, 0.717) is 0 Å². The summed E-state index contributed by atoms with van der Waals surface area (Å²) in [7, 11) is 0. The summed E-state index contributed by atoms with van der Waals surface area (Å²) in [6, 6.07) is 6.01. The van der Waals surface area contributed by atoms with Crippen LogP contribution in [-0.2, 0) is 0 Å². The van der Waals surface area contributed by atoms with Gasteiger partial charge in [0, 0.05) is 4.90 Å². The van der Waals surface area contributed by atoms with Gasteiger partial charge in [-0.15, -0.1) is 12.6 Å². The van der Waals surface area contributed by atoms with E-state index in [-0.39, 0.29) is 0 Å². The molecule has 0 bridgehead atoms. The van der Waals surface area contributed by atoms with Crippen molar-refractivity contribution in [2.24, 2.45) is 0 Å². The molecule has 0 heterocycles. The Balaban J connectivity index is 2.28. The molecule has 0 amide bonds. The van der Waals surface area contributed by atoms with Crippen LogP contribution >= 0.6 is 12.6 Å². The number of rotatable bonds is 6. The number of hydrogen-bond donors (Lipinski definition) is 1. The molecule has 84 valence electrons. The van der Waals surface area contributed by atoms with Crippen LogP contribution in [0.15, 0.2) is 23.1 Å². The predicted octanol–water partition coefficient (Wildman–Crippen LogP) is 4.24. The highest BCUT2D eigenvalue weighted by atomic mass is 32.1. The van der Waals surface area contributed by atoms with Crippen LogP contribution < -0.4 is 4.74 Å². The molecule has 0 spiro atoms. The fraction of sp³-hybridized carbons (Fsp3) is 0.538. The van der Waals surface area contributed by atoms with E-state index in [2.05, 4.69) is 19.6 Å². The molecule has 0 aliphatic rings. The topological polar surface area (TPSA) is 9.23 Å². The third-order valence-electron chi connectivity index (χ3n) is 2.43. The van der Waals surface area contributed by atoms with E-state index in [1.165, 1.54) is 24.8 Å². The van der Waals surface area contributed by atoms with Gasteiger partial charge in [-0.1, -0.05) is 26.2 Å². The SMILES string of the molecule is CCCCCCOc1ccc(S)c(C)c1. The van der Waals surface area contributed by atoms with Gasteiger partial charge < -0.3 is 4.74 Å². The molecule has 0 fully saturated rings. The van der Waals surface area contributed by atoms with Gasteiger partial charge in [-0.05, 0) is 37.1 Å². The molecule has 0 aromatic heterocycles. The lowest BCUT2D eigenvalue weighted by Crippen LogP contribution is -1.97. The summed E-state index contributed by atoms with van der Waals surface area (Å²) in [6.07, 6.45) is 4.99. The maximum absolute atomic E-state index is 5.65. The van der Waals surface area contributed by atoms with Crippen molar-refractivity contribution >= 4 is 12.6 Å². The first kappa shape index (κ1) is 12.4. The number of unbranched alkanes of at least 4 members (excludes halogenated alkanes) is 3. The molecule has 15 heavy (non-hydrogen) atoms. The molecule has 0 saturated carbocycles. The molecule has 2 heteroatoms. The van der Waals surface area contributed by atoms with E-state index < -0.39 is 0 Å². The zero-order valence-corrected chi connectivity index (χ0v) is 10.5. The molecule has 1 aromatic carbocycles. The molecule has 0 unspecified atom stereocenters. The van der Waals surface area contributed by atoms with Gasteiger partial charge in [0.05, 0.1) is 6.61 Å². The first-order valence-electron chi connectivity index (χ1n) is 5.66. The molecule has 0 aliphatic heterocycles. The van der Waals surface area contributed by atoms with Crippen molar-refractivity contribution in [2.75, 3.05) is 6.61 Å². The van der Waals surface area contributed by atoms with Gasteiger partial charge in [0.25, 0.3) is 0 Å². The number of aryl methyl sites for hydroxylation is 1. The minimum Gasteiger partial charge on any atom is -0.494 e. The maximum Gasteiger partial charge on any atom is 0.119 e. The number of hydrogen-bond acceptors (Lipinski definition) is 2. The Morgan fingerprint density at radius 3 is 2.67 bits per heavy atom. The van der Waals surface area contributed by atoms with Crippen molar-refractivity contribution in [3.63, 3.8) is 0 Å². The zero-order chi connectivity index (χ0) is 11.1. The Hall–Kier alpha value is -0.630. The van der Waals surface area contributed by atoms with Crippen molar-refractivity contribution in [3.8, 4) is 5.75 Å². The minimum absolute atomic E-state index is 0.825. The standard InChI is InChI=1S/C13H20OS/c1-3-4-5-6-9-14-12-7-8-13(15)11(2)10-12/h7-8,10,15H,3-6,9H2,1-2H3. The van der Waals surface area contributed by atoms with Crippen molar-refractivity contribution in [2.45, 2.75) is 44.4 Å². The summed E-state index contributed by atoms with van der Waals surface area (Å²) in [4.78, 5) is 1.02. The molecular weight excluding hydrogens is 204 g/mol. The number of thiol groups is 1. The summed E-state index contributed by atoms with van der Waals surface area (Å²) in [5, 5.41) is 0. The third kappa shape index (κ3) is 4.61. The lowest BCUT2D eigenvalue weighted by Gasteiger charge is -2.07. The fourth-order valence-electron chi connectivity index (χ4n) is 1.44. The van der Waals surface area contributed by atoms with Gasteiger partial charge in [0.1, 0.15) is 5.75 Å². The van der Waals surface area contributed by atoms with Gasteiger partial charge in [0.15, 0.2) is 0 Å². The highest BCUT2D eigenvalue weighted by molar-refractivity contribution is 7.80. The van der Waals surface area contributed by atoms with Crippen LogP contribution in [0, 0.1) is 6.92 Å². The summed E-state index contributed by atoms with van der Waals surface area (Å²) in [6.45, 7) is 5.09. The molecule has 0 aliphatic carbocycles. The van der Waals surface area contributed by atoms with Crippen LogP contribution in [0.25, 0.3) is 0 Å². The quantitative estimate of drug-likeness (QED) is 0.561. The predicted molar refractivity (Wildman–Crippen MR) is 68.1 cm³/mol. The summed E-state index contributed by atoms with van der Waals surface area (Å²) in [5.41, 5.74) is 1.17. The average molecular weight is 224 g/mol. The highest BCUT2D eigenvalue weighted by Gasteiger charge is 1.97. The molecule has 0 radical (unpaired) electrons. The first-order valence-corrected chi connectivity index (χ1v) is 6.11. The molecule has 0 atom stereocenters. The minimum atomic E-state index is 0.825. The number of ether oxygens (including phenoxy) is 1. The van der Waals surface area contributed by atoms with Crippen LogP contribution in [0.5, 0.6) is 5.75 Å².